The summed E-state index contributed by atoms with van der Waals surface area (Å²) in [6.07, 6.45) is 0.709. The van der Waals surface area contributed by atoms with Crippen molar-refractivity contribution in [3.05, 3.63) is 54.6 Å². The summed E-state index contributed by atoms with van der Waals surface area (Å²) in [6, 6.07) is 17.2. The molecule has 6 heteroatoms. The molecule has 0 bridgehead atoms. The molecule has 130 valence electrons. The van der Waals surface area contributed by atoms with Crippen LogP contribution in [0.25, 0.3) is 0 Å². The van der Waals surface area contributed by atoms with Crippen LogP contribution in [0.5, 0.6) is 5.75 Å². The molecule has 5 nitrogen and oxygen atoms in total. The Kier molecular flexibility index (Phi) is 5.95. The van der Waals surface area contributed by atoms with Gasteiger partial charge in [0.05, 0.1) is 18.0 Å². The van der Waals surface area contributed by atoms with Gasteiger partial charge in [-0.05, 0) is 30.7 Å². The van der Waals surface area contributed by atoms with Crippen molar-refractivity contribution in [2.75, 3.05) is 30.3 Å². The van der Waals surface area contributed by atoms with E-state index in [2.05, 4.69) is 5.32 Å². The van der Waals surface area contributed by atoms with Crippen LogP contribution in [-0.4, -0.2) is 37.3 Å². The molecule has 2 aromatic rings. The Morgan fingerprint density at radius 1 is 1.12 bits per heavy atom. The number of para-hydroxylation sites is 2. The van der Waals surface area contributed by atoms with E-state index in [1.807, 2.05) is 54.6 Å². The van der Waals surface area contributed by atoms with Crippen molar-refractivity contribution in [1.29, 1.82) is 0 Å². The Balaban J connectivity index is 1.43. The zero-order chi connectivity index (χ0) is 17.5. The Bertz CT molecular complexity index is 736. The van der Waals surface area contributed by atoms with Gasteiger partial charge >= 0.3 is 0 Å². The topological polar surface area (TPSA) is 58.6 Å². The SMILES string of the molecule is O=C(CN1C(=O)CSc2ccccc21)NCCCOc1ccccc1. The molecule has 0 saturated heterocycles. The smallest absolute Gasteiger partial charge is 0.240 e. The third-order valence-corrected chi connectivity index (χ3v) is 4.81. The number of benzene rings is 2. The number of rotatable bonds is 7. The molecular weight excluding hydrogens is 336 g/mol. The zero-order valence-electron chi connectivity index (χ0n) is 13.8. The van der Waals surface area contributed by atoms with Crippen molar-refractivity contribution in [3.8, 4) is 5.75 Å². The van der Waals surface area contributed by atoms with E-state index in [1.165, 1.54) is 11.8 Å². The van der Waals surface area contributed by atoms with Crippen molar-refractivity contribution in [2.24, 2.45) is 0 Å². The summed E-state index contributed by atoms with van der Waals surface area (Å²) in [5.41, 5.74) is 0.811. The van der Waals surface area contributed by atoms with Crippen molar-refractivity contribution in [1.82, 2.24) is 5.32 Å². The lowest BCUT2D eigenvalue weighted by molar-refractivity contribution is -0.123. The van der Waals surface area contributed by atoms with Gasteiger partial charge in [0.15, 0.2) is 0 Å². The van der Waals surface area contributed by atoms with Crippen LogP contribution in [-0.2, 0) is 9.59 Å². The van der Waals surface area contributed by atoms with E-state index in [-0.39, 0.29) is 18.4 Å². The molecule has 2 aromatic carbocycles. The quantitative estimate of drug-likeness (QED) is 0.775. The summed E-state index contributed by atoms with van der Waals surface area (Å²) in [6.45, 7) is 1.10. The van der Waals surface area contributed by atoms with Crippen LogP contribution in [0.2, 0.25) is 0 Å². The highest BCUT2D eigenvalue weighted by Crippen LogP contribution is 2.34. The molecule has 1 N–H and O–H groups in total. The average molecular weight is 356 g/mol. The molecule has 1 heterocycles. The van der Waals surface area contributed by atoms with Gasteiger partial charge in [0.25, 0.3) is 0 Å². The van der Waals surface area contributed by atoms with Crippen molar-refractivity contribution in [2.45, 2.75) is 11.3 Å². The highest BCUT2D eigenvalue weighted by Gasteiger charge is 2.25. The lowest BCUT2D eigenvalue weighted by atomic mass is 10.2. The maximum absolute atomic E-state index is 12.1. The Labute approximate surface area is 151 Å². The fourth-order valence-corrected chi connectivity index (χ4v) is 3.47. The van der Waals surface area contributed by atoms with Crippen LogP contribution < -0.4 is 15.0 Å². The van der Waals surface area contributed by atoms with E-state index in [4.69, 9.17) is 4.74 Å². The Hall–Kier alpha value is -2.47. The number of thioether (sulfide) groups is 1. The van der Waals surface area contributed by atoms with Gasteiger partial charge in [-0.25, -0.2) is 0 Å². The molecule has 0 radical (unpaired) electrons. The number of carbonyl (C=O) groups is 2. The predicted molar refractivity (Wildman–Crippen MR) is 99.1 cm³/mol. The van der Waals surface area contributed by atoms with Gasteiger partial charge in [0, 0.05) is 11.4 Å². The fraction of sp³-hybridized carbons (Fsp3) is 0.263. The largest absolute Gasteiger partial charge is 0.494 e. The third kappa shape index (κ3) is 4.76. The zero-order valence-corrected chi connectivity index (χ0v) is 14.6. The van der Waals surface area contributed by atoms with Crippen LogP contribution in [0.4, 0.5) is 5.69 Å². The van der Waals surface area contributed by atoms with Crippen molar-refractivity contribution in [3.63, 3.8) is 0 Å². The average Bonchev–Trinajstić information content (AvgIpc) is 2.65. The van der Waals surface area contributed by atoms with Gasteiger partial charge in [-0.2, -0.15) is 0 Å². The van der Waals surface area contributed by atoms with E-state index < -0.39 is 0 Å². The normalized spacial score (nSPS) is 13.3. The molecule has 0 aliphatic carbocycles. The number of carbonyl (C=O) groups excluding carboxylic acids is 2. The number of ether oxygens (including phenoxy) is 1. The second-order valence-electron chi connectivity index (χ2n) is 5.60. The molecule has 25 heavy (non-hydrogen) atoms. The summed E-state index contributed by atoms with van der Waals surface area (Å²) >= 11 is 1.51. The Morgan fingerprint density at radius 3 is 2.72 bits per heavy atom. The lowest BCUT2D eigenvalue weighted by Crippen LogP contribution is -2.43. The lowest BCUT2D eigenvalue weighted by Gasteiger charge is -2.28. The molecule has 3 rings (SSSR count). The highest BCUT2D eigenvalue weighted by atomic mass is 32.2. The number of hydrogen-bond acceptors (Lipinski definition) is 4. The van der Waals surface area contributed by atoms with Gasteiger partial charge in [-0.15, -0.1) is 11.8 Å². The first-order valence-corrected chi connectivity index (χ1v) is 9.19. The monoisotopic (exact) mass is 356 g/mol. The van der Waals surface area contributed by atoms with Gasteiger partial charge in [-0.3, -0.25) is 9.59 Å². The number of nitrogens with one attached hydrogen (secondary N) is 1. The molecule has 0 atom stereocenters. The molecule has 0 unspecified atom stereocenters. The molecule has 1 aliphatic heterocycles. The minimum absolute atomic E-state index is 0.0359. The Morgan fingerprint density at radius 2 is 1.88 bits per heavy atom. The van der Waals surface area contributed by atoms with Gasteiger partial charge < -0.3 is 15.0 Å². The van der Waals surface area contributed by atoms with Crippen LogP contribution in [0.3, 0.4) is 0 Å². The first-order valence-electron chi connectivity index (χ1n) is 8.21. The summed E-state index contributed by atoms with van der Waals surface area (Å²) in [7, 11) is 0. The first-order chi connectivity index (χ1) is 12.2. The molecule has 0 spiro atoms. The minimum Gasteiger partial charge on any atom is -0.494 e. The van der Waals surface area contributed by atoms with E-state index in [0.29, 0.717) is 25.3 Å². The number of anilines is 1. The maximum Gasteiger partial charge on any atom is 0.240 e. The van der Waals surface area contributed by atoms with Crippen LogP contribution in [0.1, 0.15) is 6.42 Å². The van der Waals surface area contributed by atoms with Gasteiger partial charge in [0.2, 0.25) is 11.8 Å². The number of fused-ring (bicyclic) bond motifs is 1. The fourth-order valence-electron chi connectivity index (χ4n) is 2.53. The molecule has 0 aromatic heterocycles. The van der Waals surface area contributed by atoms with E-state index in [9.17, 15) is 9.59 Å². The molecule has 0 fully saturated rings. The van der Waals surface area contributed by atoms with E-state index in [1.54, 1.807) is 4.90 Å². The predicted octanol–water partition coefficient (Wildman–Crippen LogP) is 2.71. The van der Waals surface area contributed by atoms with Crippen LogP contribution in [0.15, 0.2) is 59.5 Å². The second-order valence-corrected chi connectivity index (χ2v) is 6.62. The molecule has 2 amide bonds. The molecule has 1 aliphatic rings. The van der Waals surface area contributed by atoms with Crippen LogP contribution in [0, 0.1) is 0 Å². The summed E-state index contributed by atoms with van der Waals surface area (Å²) in [5.74, 6) is 0.998. The number of amides is 2. The third-order valence-electron chi connectivity index (χ3n) is 3.77. The molecule has 0 saturated carbocycles. The summed E-state index contributed by atoms with van der Waals surface area (Å²) < 4.78 is 5.58. The summed E-state index contributed by atoms with van der Waals surface area (Å²) in [5, 5.41) is 2.85. The first kappa shape index (κ1) is 17.4. The molecular formula is C19H20N2O3S. The van der Waals surface area contributed by atoms with E-state index >= 15 is 0 Å². The van der Waals surface area contributed by atoms with Crippen molar-refractivity contribution < 1.29 is 14.3 Å². The van der Waals surface area contributed by atoms with Gasteiger partial charge in [-0.1, -0.05) is 30.3 Å². The highest BCUT2D eigenvalue weighted by molar-refractivity contribution is 8.00. The van der Waals surface area contributed by atoms with Gasteiger partial charge in [0.1, 0.15) is 12.3 Å². The van der Waals surface area contributed by atoms with Crippen molar-refractivity contribution >= 4 is 29.3 Å². The van der Waals surface area contributed by atoms with Crippen LogP contribution >= 0.6 is 11.8 Å². The minimum atomic E-state index is -0.158. The number of nitrogens with zero attached hydrogens (tertiary/aromatic N) is 1. The standard InChI is InChI=1S/C19H20N2O3S/c22-18(20-11-6-12-24-15-7-2-1-3-8-15)13-21-16-9-4-5-10-17(16)25-14-19(21)23/h1-5,7-10H,6,11-14H2,(H,20,22). The number of hydrogen-bond donors (Lipinski definition) is 1. The van der Waals surface area contributed by atoms with E-state index in [0.717, 1.165) is 16.3 Å². The maximum atomic E-state index is 12.1. The second kappa shape index (κ2) is 8.58. The summed E-state index contributed by atoms with van der Waals surface area (Å²) in [4.78, 5) is 26.9.